The molecule has 0 unspecified atom stereocenters. The lowest BCUT2D eigenvalue weighted by Crippen LogP contribution is -2.40. The van der Waals surface area contributed by atoms with Crippen molar-refractivity contribution in [3.8, 4) is 0 Å². The number of hydrogen-bond acceptors (Lipinski definition) is 2. The largest absolute Gasteiger partial charge is 0.279 e. The molecular weight excluding hydrogens is 230 g/mol. The Morgan fingerprint density at radius 1 is 0.812 bits per heavy atom. The van der Waals surface area contributed by atoms with Gasteiger partial charge in [0.1, 0.15) is 0 Å². The van der Waals surface area contributed by atoms with Gasteiger partial charge in [0.25, 0.3) is 8.96 Å². The molecule has 2 aromatic carbocycles. The van der Waals surface area contributed by atoms with Crippen molar-refractivity contribution in [2.24, 2.45) is 4.66 Å². The van der Waals surface area contributed by atoms with E-state index in [1.165, 1.54) is 10.4 Å². The number of isothiocyanates is 1. The van der Waals surface area contributed by atoms with Gasteiger partial charge in [0.05, 0.1) is 0 Å². The number of hydrogen-bond donors (Lipinski definition) is 0. The zero-order valence-electron chi connectivity index (χ0n) is 8.63. The van der Waals surface area contributed by atoms with Gasteiger partial charge in [-0.05, 0) is 22.6 Å². The fraction of sp³-hybridized carbons (Fsp3) is 0. The quantitative estimate of drug-likeness (QED) is 0.453. The average molecular weight is 240 g/mol. The van der Waals surface area contributed by atoms with E-state index in [1.54, 1.807) is 0 Å². The van der Waals surface area contributed by atoms with Crippen molar-refractivity contribution < 1.29 is 0 Å². The number of benzene rings is 2. The van der Waals surface area contributed by atoms with E-state index in [4.69, 9.17) is 12.2 Å². The first-order chi connectivity index (χ1) is 7.92. The smallest absolute Gasteiger partial charge is 0.262 e. The molecule has 0 fully saturated rings. The van der Waals surface area contributed by atoms with Crippen LogP contribution in [0.15, 0.2) is 65.3 Å². The molecule has 2 rings (SSSR count). The molecule has 16 heavy (non-hydrogen) atoms. The fourth-order valence-electron chi connectivity index (χ4n) is 1.53. The van der Waals surface area contributed by atoms with Gasteiger partial charge in [0, 0.05) is 5.16 Å². The first-order valence-corrected chi connectivity index (χ1v) is 6.83. The molecule has 0 amide bonds. The predicted octanol–water partition coefficient (Wildman–Crippen LogP) is 1.90. The fourth-order valence-corrected chi connectivity index (χ4v) is 3.51. The molecule has 0 saturated heterocycles. The minimum atomic E-state index is -1.14. The summed E-state index contributed by atoms with van der Waals surface area (Å²) in [7, 11) is -1.14. The van der Waals surface area contributed by atoms with Crippen LogP contribution in [0.25, 0.3) is 0 Å². The second kappa shape index (κ2) is 5.52. The van der Waals surface area contributed by atoms with E-state index in [0.717, 1.165) is 0 Å². The molecule has 0 aliphatic carbocycles. The highest BCUT2D eigenvalue weighted by atomic mass is 32.1. The lowest BCUT2D eigenvalue weighted by Gasteiger charge is -2.08. The van der Waals surface area contributed by atoms with Gasteiger partial charge in [-0.2, -0.15) is 0 Å². The lowest BCUT2D eigenvalue weighted by atomic mass is 10.4. The van der Waals surface area contributed by atoms with Gasteiger partial charge in [0.2, 0.25) is 0 Å². The van der Waals surface area contributed by atoms with E-state index in [9.17, 15) is 0 Å². The molecule has 2 aromatic rings. The molecule has 3 heteroatoms. The predicted molar refractivity (Wildman–Crippen MR) is 72.9 cm³/mol. The summed E-state index contributed by atoms with van der Waals surface area (Å²) in [6.45, 7) is 0. The van der Waals surface area contributed by atoms with Crippen molar-refractivity contribution >= 4 is 36.7 Å². The summed E-state index contributed by atoms with van der Waals surface area (Å²) in [5.41, 5.74) is 0. The maximum absolute atomic E-state index is 4.74. The summed E-state index contributed by atoms with van der Waals surface area (Å²) in [6, 6.07) is 20.5. The third kappa shape index (κ3) is 2.52. The number of nitrogens with zero attached hydrogens (tertiary/aromatic N) is 1. The minimum Gasteiger partial charge on any atom is -0.262 e. The maximum atomic E-state index is 4.74. The summed E-state index contributed by atoms with van der Waals surface area (Å²) in [4.78, 5) is 0. The lowest BCUT2D eigenvalue weighted by molar-refractivity contribution is 1.69. The normalized spacial score (nSPS) is 9.81. The summed E-state index contributed by atoms with van der Waals surface area (Å²) in [6.07, 6.45) is 0. The Hall–Kier alpha value is -1.54. The Morgan fingerprint density at radius 2 is 1.25 bits per heavy atom. The van der Waals surface area contributed by atoms with Crippen LogP contribution in [0.2, 0.25) is 0 Å². The Morgan fingerprint density at radius 3 is 1.62 bits per heavy atom. The van der Waals surface area contributed by atoms with E-state index in [2.05, 4.69) is 34.1 Å². The van der Waals surface area contributed by atoms with Gasteiger partial charge in [-0.1, -0.05) is 60.7 Å². The molecule has 0 N–H and O–H groups in total. The van der Waals surface area contributed by atoms with Crippen LogP contribution < -0.4 is 10.4 Å². The SMILES string of the molecule is S=C=N[Si](c1ccccc1)c1ccccc1. The van der Waals surface area contributed by atoms with Crippen LogP contribution >= 0.6 is 12.2 Å². The molecule has 0 spiro atoms. The minimum absolute atomic E-state index is 1.14. The average Bonchev–Trinajstić information content (AvgIpc) is 2.38. The second-order valence-electron chi connectivity index (χ2n) is 3.28. The van der Waals surface area contributed by atoms with E-state index in [1.807, 2.05) is 36.4 Å². The topological polar surface area (TPSA) is 12.4 Å². The molecule has 1 nitrogen and oxygen atoms in total. The Kier molecular flexibility index (Phi) is 3.78. The van der Waals surface area contributed by atoms with Crippen LogP contribution in [0, 0.1) is 0 Å². The van der Waals surface area contributed by atoms with Crippen molar-refractivity contribution in [2.75, 3.05) is 0 Å². The van der Waals surface area contributed by atoms with E-state index >= 15 is 0 Å². The van der Waals surface area contributed by atoms with Gasteiger partial charge in [-0.25, -0.2) is 0 Å². The standard InChI is InChI=1S/C13H10NSSi/c15-11-14-16(12-7-3-1-4-8-12)13-9-5-2-6-10-13/h1-10H. The molecule has 0 aromatic heterocycles. The molecule has 1 radical (unpaired) electrons. The molecule has 0 aliphatic rings. The van der Waals surface area contributed by atoms with E-state index in [0.29, 0.717) is 0 Å². The third-order valence-electron chi connectivity index (χ3n) is 2.25. The van der Waals surface area contributed by atoms with Crippen LogP contribution in [0.1, 0.15) is 0 Å². The van der Waals surface area contributed by atoms with Gasteiger partial charge in [-0.15, -0.1) is 0 Å². The highest BCUT2D eigenvalue weighted by Crippen LogP contribution is 1.93. The zero-order valence-corrected chi connectivity index (χ0v) is 10.4. The first-order valence-electron chi connectivity index (χ1n) is 4.97. The Labute approximate surface area is 102 Å². The van der Waals surface area contributed by atoms with Crippen LogP contribution in [-0.4, -0.2) is 14.1 Å². The van der Waals surface area contributed by atoms with Gasteiger partial charge in [0.15, 0.2) is 0 Å². The molecule has 0 aliphatic heterocycles. The third-order valence-corrected chi connectivity index (χ3v) is 4.60. The summed E-state index contributed by atoms with van der Waals surface area (Å²) < 4.78 is 4.33. The number of thiocarbonyl (C=S) groups is 1. The summed E-state index contributed by atoms with van der Waals surface area (Å²) in [5.74, 6) is 0. The van der Waals surface area contributed by atoms with Crippen LogP contribution in [0.4, 0.5) is 0 Å². The first kappa shape index (κ1) is 11.0. The molecule has 0 saturated carbocycles. The monoisotopic (exact) mass is 240 g/mol. The highest BCUT2D eigenvalue weighted by molar-refractivity contribution is 7.78. The zero-order chi connectivity index (χ0) is 11.2. The van der Waals surface area contributed by atoms with Crippen LogP contribution in [0.5, 0.6) is 0 Å². The van der Waals surface area contributed by atoms with Crippen molar-refractivity contribution in [1.82, 2.24) is 0 Å². The van der Waals surface area contributed by atoms with Crippen molar-refractivity contribution in [2.45, 2.75) is 0 Å². The van der Waals surface area contributed by atoms with Crippen LogP contribution in [-0.2, 0) is 0 Å². The molecule has 0 atom stereocenters. The van der Waals surface area contributed by atoms with E-state index in [-0.39, 0.29) is 0 Å². The Balaban J connectivity index is 2.43. The van der Waals surface area contributed by atoms with Gasteiger partial charge >= 0.3 is 0 Å². The van der Waals surface area contributed by atoms with Gasteiger partial charge < -0.3 is 0 Å². The molecule has 77 valence electrons. The van der Waals surface area contributed by atoms with Crippen molar-refractivity contribution in [3.63, 3.8) is 0 Å². The second-order valence-corrected chi connectivity index (χ2v) is 5.54. The summed E-state index contributed by atoms with van der Waals surface area (Å²) in [5, 5.41) is 4.98. The highest BCUT2D eigenvalue weighted by Gasteiger charge is 2.15. The molecule has 0 bridgehead atoms. The van der Waals surface area contributed by atoms with Crippen molar-refractivity contribution in [1.29, 1.82) is 0 Å². The summed E-state index contributed by atoms with van der Waals surface area (Å²) >= 11 is 4.74. The molecular formula is C13H10NSSi. The Bertz CT molecular complexity index is 452. The van der Waals surface area contributed by atoms with Gasteiger partial charge in [-0.3, -0.25) is 4.66 Å². The van der Waals surface area contributed by atoms with Crippen LogP contribution in [0.3, 0.4) is 0 Å². The van der Waals surface area contributed by atoms with Crippen molar-refractivity contribution in [3.05, 3.63) is 60.7 Å². The number of rotatable bonds is 3. The maximum Gasteiger partial charge on any atom is 0.279 e. The van der Waals surface area contributed by atoms with E-state index < -0.39 is 8.96 Å². The molecule has 0 heterocycles.